The van der Waals surface area contributed by atoms with E-state index in [1.165, 1.54) is 38.8 Å². The molecule has 0 amide bonds. The Hall–Kier alpha value is -0.0800. The maximum atomic E-state index is 5.67. The van der Waals surface area contributed by atoms with Gasteiger partial charge in [0.2, 0.25) is 0 Å². The molecule has 0 saturated carbocycles. The fourth-order valence-electron chi connectivity index (χ4n) is 2.40. The van der Waals surface area contributed by atoms with E-state index in [4.69, 9.17) is 5.73 Å². The van der Waals surface area contributed by atoms with Crippen LogP contribution in [0.3, 0.4) is 0 Å². The summed E-state index contributed by atoms with van der Waals surface area (Å²) in [6.07, 6.45) is 5.12. The summed E-state index contributed by atoms with van der Waals surface area (Å²) >= 11 is 0. The molecule has 2 nitrogen and oxygen atoms in total. The number of hydrogen-bond acceptors (Lipinski definition) is 2. The number of hydrogen-bond donors (Lipinski definition) is 1. The first-order valence-electron chi connectivity index (χ1n) is 7.39. The molecule has 2 N–H and O–H groups in total. The predicted octanol–water partition coefficient (Wildman–Crippen LogP) is 3.37. The van der Waals surface area contributed by atoms with Crippen molar-refractivity contribution in [2.24, 2.45) is 23.5 Å². The second-order valence-electron chi connectivity index (χ2n) is 6.00. The zero-order valence-corrected chi connectivity index (χ0v) is 12.7. The Labute approximate surface area is 109 Å². The molecule has 104 valence electrons. The largest absolute Gasteiger partial charge is 0.330 e. The van der Waals surface area contributed by atoms with Gasteiger partial charge in [-0.1, -0.05) is 34.1 Å². The van der Waals surface area contributed by atoms with Gasteiger partial charge in [-0.2, -0.15) is 0 Å². The van der Waals surface area contributed by atoms with Crippen LogP contribution in [0.15, 0.2) is 0 Å². The standard InChI is InChI=1S/C15H34N2/c1-6-14(4)12-17(5)11-7-8-15(9-10-16)13(2)3/h13-15H,6-12,16H2,1-5H3. The van der Waals surface area contributed by atoms with E-state index in [1.54, 1.807) is 0 Å². The van der Waals surface area contributed by atoms with Crippen molar-refractivity contribution in [3.8, 4) is 0 Å². The van der Waals surface area contributed by atoms with Crippen molar-refractivity contribution in [3.63, 3.8) is 0 Å². The van der Waals surface area contributed by atoms with Crippen LogP contribution < -0.4 is 5.73 Å². The Morgan fingerprint density at radius 2 is 1.76 bits per heavy atom. The molecule has 0 heterocycles. The minimum Gasteiger partial charge on any atom is -0.330 e. The summed E-state index contributed by atoms with van der Waals surface area (Å²) < 4.78 is 0. The van der Waals surface area contributed by atoms with E-state index < -0.39 is 0 Å². The van der Waals surface area contributed by atoms with Crippen molar-refractivity contribution in [2.45, 2.75) is 53.4 Å². The molecule has 0 spiro atoms. The van der Waals surface area contributed by atoms with Gasteiger partial charge in [-0.15, -0.1) is 0 Å². The molecular formula is C15H34N2. The molecule has 0 aliphatic heterocycles. The molecule has 0 radical (unpaired) electrons. The second kappa shape index (κ2) is 9.90. The van der Waals surface area contributed by atoms with Gasteiger partial charge in [0.1, 0.15) is 0 Å². The average Bonchev–Trinajstić information content (AvgIpc) is 2.27. The van der Waals surface area contributed by atoms with E-state index in [0.29, 0.717) is 0 Å². The Kier molecular flexibility index (Phi) is 9.85. The Balaban J connectivity index is 3.72. The van der Waals surface area contributed by atoms with Gasteiger partial charge in [0.25, 0.3) is 0 Å². The Morgan fingerprint density at radius 1 is 1.12 bits per heavy atom. The molecule has 0 fully saturated rings. The van der Waals surface area contributed by atoms with Crippen LogP contribution in [0.5, 0.6) is 0 Å². The fraction of sp³-hybridized carbons (Fsp3) is 1.00. The van der Waals surface area contributed by atoms with Crippen LogP contribution in [0.2, 0.25) is 0 Å². The van der Waals surface area contributed by atoms with E-state index in [0.717, 1.165) is 24.3 Å². The van der Waals surface area contributed by atoms with Crippen molar-refractivity contribution >= 4 is 0 Å². The number of nitrogens with zero attached hydrogens (tertiary/aromatic N) is 1. The highest BCUT2D eigenvalue weighted by atomic mass is 15.1. The van der Waals surface area contributed by atoms with Crippen molar-refractivity contribution in [1.82, 2.24) is 4.90 Å². The van der Waals surface area contributed by atoms with E-state index >= 15 is 0 Å². The summed E-state index contributed by atoms with van der Waals surface area (Å²) in [5.74, 6) is 2.42. The first-order chi connectivity index (χ1) is 8.01. The lowest BCUT2D eigenvalue weighted by Gasteiger charge is -2.23. The lowest BCUT2D eigenvalue weighted by molar-refractivity contribution is 0.255. The van der Waals surface area contributed by atoms with Crippen molar-refractivity contribution < 1.29 is 0 Å². The molecule has 0 aliphatic rings. The summed E-state index contributed by atoms with van der Waals surface area (Å²) in [6.45, 7) is 12.6. The molecule has 0 aliphatic carbocycles. The van der Waals surface area contributed by atoms with Gasteiger partial charge < -0.3 is 10.6 Å². The maximum Gasteiger partial charge on any atom is 0.000387 e. The average molecular weight is 242 g/mol. The highest BCUT2D eigenvalue weighted by Crippen LogP contribution is 2.20. The van der Waals surface area contributed by atoms with Crippen LogP contribution in [0, 0.1) is 17.8 Å². The lowest BCUT2D eigenvalue weighted by Crippen LogP contribution is -2.26. The SMILES string of the molecule is CCC(C)CN(C)CCCC(CCN)C(C)C. The van der Waals surface area contributed by atoms with Gasteiger partial charge in [0.15, 0.2) is 0 Å². The Morgan fingerprint density at radius 3 is 2.24 bits per heavy atom. The van der Waals surface area contributed by atoms with Crippen molar-refractivity contribution in [3.05, 3.63) is 0 Å². The molecule has 0 aromatic rings. The molecule has 0 saturated heterocycles. The van der Waals surface area contributed by atoms with Gasteiger partial charge in [0.05, 0.1) is 0 Å². The van der Waals surface area contributed by atoms with Crippen LogP contribution in [0.25, 0.3) is 0 Å². The minimum absolute atomic E-state index is 0.776. The van der Waals surface area contributed by atoms with Crippen LogP contribution in [0.1, 0.15) is 53.4 Å². The Bertz CT molecular complexity index is 168. The topological polar surface area (TPSA) is 29.3 Å². The van der Waals surface area contributed by atoms with Crippen LogP contribution in [0.4, 0.5) is 0 Å². The molecule has 0 aromatic heterocycles. The van der Waals surface area contributed by atoms with Crippen LogP contribution in [-0.2, 0) is 0 Å². The first kappa shape index (κ1) is 16.9. The molecular weight excluding hydrogens is 208 g/mol. The third-order valence-corrected chi connectivity index (χ3v) is 3.92. The zero-order chi connectivity index (χ0) is 13.3. The zero-order valence-electron chi connectivity index (χ0n) is 12.7. The monoisotopic (exact) mass is 242 g/mol. The number of nitrogens with two attached hydrogens (primary N) is 1. The quantitative estimate of drug-likeness (QED) is 0.636. The van der Waals surface area contributed by atoms with Gasteiger partial charge in [-0.3, -0.25) is 0 Å². The molecule has 2 heteroatoms. The fourth-order valence-corrected chi connectivity index (χ4v) is 2.40. The summed E-state index contributed by atoms with van der Waals surface area (Å²) in [5, 5.41) is 0. The molecule has 0 rings (SSSR count). The molecule has 0 bridgehead atoms. The summed E-state index contributed by atoms with van der Waals surface area (Å²) in [7, 11) is 2.25. The van der Waals surface area contributed by atoms with Crippen molar-refractivity contribution in [2.75, 3.05) is 26.7 Å². The third-order valence-electron chi connectivity index (χ3n) is 3.92. The van der Waals surface area contributed by atoms with Gasteiger partial charge >= 0.3 is 0 Å². The first-order valence-corrected chi connectivity index (χ1v) is 7.39. The summed E-state index contributed by atoms with van der Waals surface area (Å²) in [5.41, 5.74) is 5.67. The second-order valence-corrected chi connectivity index (χ2v) is 6.00. The van der Waals surface area contributed by atoms with Gasteiger partial charge in [-0.25, -0.2) is 0 Å². The molecule has 2 unspecified atom stereocenters. The molecule has 2 atom stereocenters. The highest BCUT2D eigenvalue weighted by Gasteiger charge is 2.12. The van der Waals surface area contributed by atoms with E-state index in [2.05, 4.69) is 39.6 Å². The normalized spacial score (nSPS) is 15.5. The highest BCUT2D eigenvalue weighted by molar-refractivity contribution is 4.65. The smallest absolute Gasteiger partial charge is 0.000387 e. The summed E-state index contributed by atoms with van der Waals surface area (Å²) in [4.78, 5) is 2.48. The van der Waals surface area contributed by atoms with Gasteiger partial charge in [-0.05, 0) is 57.2 Å². The van der Waals surface area contributed by atoms with E-state index in [9.17, 15) is 0 Å². The van der Waals surface area contributed by atoms with E-state index in [1.807, 2.05) is 0 Å². The number of rotatable bonds is 10. The van der Waals surface area contributed by atoms with Crippen molar-refractivity contribution in [1.29, 1.82) is 0 Å². The lowest BCUT2D eigenvalue weighted by atomic mass is 9.88. The van der Waals surface area contributed by atoms with E-state index in [-0.39, 0.29) is 0 Å². The van der Waals surface area contributed by atoms with Gasteiger partial charge in [0, 0.05) is 6.54 Å². The molecule has 0 aromatic carbocycles. The molecule has 17 heavy (non-hydrogen) atoms. The van der Waals surface area contributed by atoms with Crippen LogP contribution in [-0.4, -0.2) is 31.6 Å². The third kappa shape index (κ3) is 8.62. The predicted molar refractivity (Wildman–Crippen MR) is 78.2 cm³/mol. The maximum absolute atomic E-state index is 5.67. The minimum atomic E-state index is 0.776. The summed E-state index contributed by atoms with van der Waals surface area (Å²) in [6, 6.07) is 0. The van der Waals surface area contributed by atoms with Crippen LogP contribution >= 0.6 is 0 Å².